The molecule has 1 heterocycles. The molecule has 0 bridgehead atoms. The summed E-state index contributed by atoms with van der Waals surface area (Å²) in [4.78, 5) is 23.6. The molecule has 1 N–H and O–H groups in total. The maximum atomic E-state index is 11.3. The summed E-state index contributed by atoms with van der Waals surface area (Å²) in [5.74, 6) is 0.442. The standard InChI is InChI=1S/C12H14N4O2/c1-16(2)9-6-4-8(5-7-9)10-13-11(17)15-12(14-10)18-3/h4-7H,1-3H3,(H,13,14,15,17). The SMILES string of the molecule is COc1nc(-c2ccc(N(C)C)cc2)[nH]c(=O)n1. The molecule has 94 valence electrons. The third-order valence-corrected chi connectivity index (χ3v) is 2.47. The summed E-state index contributed by atoms with van der Waals surface area (Å²) < 4.78 is 4.87. The van der Waals surface area contributed by atoms with Gasteiger partial charge in [0.1, 0.15) is 5.82 Å². The van der Waals surface area contributed by atoms with Crippen LogP contribution in [0.15, 0.2) is 29.1 Å². The van der Waals surface area contributed by atoms with E-state index in [4.69, 9.17) is 4.74 Å². The largest absolute Gasteiger partial charge is 0.467 e. The summed E-state index contributed by atoms with van der Waals surface area (Å²) in [5.41, 5.74) is 1.40. The smallest absolute Gasteiger partial charge is 0.351 e. The Morgan fingerprint density at radius 1 is 1.17 bits per heavy atom. The highest BCUT2D eigenvalue weighted by Crippen LogP contribution is 2.19. The lowest BCUT2D eigenvalue weighted by Gasteiger charge is -2.12. The molecule has 0 amide bonds. The fourth-order valence-electron chi connectivity index (χ4n) is 1.51. The zero-order chi connectivity index (χ0) is 13.1. The first-order valence-corrected chi connectivity index (χ1v) is 5.40. The van der Waals surface area contributed by atoms with Crippen molar-refractivity contribution in [1.82, 2.24) is 15.0 Å². The molecule has 0 atom stereocenters. The molecule has 18 heavy (non-hydrogen) atoms. The van der Waals surface area contributed by atoms with Crippen LogP contribution in [0.1, 0.15) is 0 Å². The maximum absolute atomic E-state index is 11.3. The monoisotopic (exact) mass is 246 g/mol. The van der Waals surface area contributed by atoms with Crippen molar-refractivity contribution >= 4 is 5.69 Å². The zero-order valence-corrected chi connectivity index (χ0v) is 10.5. The first-order valence-electron chi connectivity index (χ1n) is 5.40. The van der Waals surface area contributed by atoms with Crippen molar-refractivity contribution in [2.45, 2.75) is 0 Å². The van der Waals surface area contributed by atoms with Crippen molar-refractivity contribution in [2.24, 2.45) is 0 Å². The van der Waals surface area contributed by atoms with Gasteiger partial charge in [-0.05, 0) is 24.3 Å². The second-order valence-electron chi connectivity index (χ2n) is 3.93. The average molecular weight is 246 g/mol. The predicted molar refractivity (Wildman–Crippen MR) is 69.0 cm³/mol. The molecule has 6 nitrogen and oxygen atoms in total. The molecule has 6 heteroatoms. The van der Waals surface area contributed by atoms with Gasteiger partial charge in [0.2, 0.25) is 0 Å². The Kier molecular flexibility index (Phi) is 3.27. The summed E-state index contributed by atoms with van der Waals surface area (Å²) in [6.07, 6.45) is 0. The van der Waals surface area contributed by atoms with Gasteiger partial charge in [0.25, 0.3) is 0 Å². The van der Waals surface area contributed by atoms with Gasteiger partial charge in [-0.25, -0.2) is 4.79 Å². The number of nitrogens with zero attached hydrogens (tertiary/aromatic N) is 3. The molecule has 0 saturated heterocycles. The van der Waals surface area contributed by atoms with Crippen LogP contribution >= 0.6 is 0 Å². The van der Waals surface area contributed by atoms with Crippen molar-refractivity contribution in [3.8, 4) is 17.4 Å². The number of benzene rings is 1. The summed E-state index contributed by atoms with van der Waals surface area (Å²) in [6.45, 7) is 0. The van der Waals surface area contributed by atoms with Gasteiger partial charge in [-0.2, -0.15) is 4.98 Å². The zero-order valence-electron chi connectivity index (χ0n) is 10.5. The highest BCUT2D eigenvalue weighted by Gasteiger charge is 2.05. The lowest BCUT2D eigenvalue weighted by Crippen LogP contribution is -2.14. The van der Waals surface area contributed by atoms with Crippen LogP contribution in [0.25, 0.3) is 11.4 Å². The van der Waals surface area contributed by atoms with Crippen LogP contribution in [-0.2, 0) is 0 Å². The van der Waals surface area contributed by atoms with E-state index in [1.165, 1.54) is 7.11 Å². The number of ether oxygens (including phenoxy) is 1. The quantitative estimate of drug-likeness (QED) is 0.871. The molecule has 0 fully saturated rings. The Hall–Kier alpha value is -2.37. The van der Waals surface area contributed by atoms with E-state index in [1.54, 1.807) is 0 Å². The molecular weight excluding hydrogens is 232 g/mol. The third kappa shape index (κ3) is 2.48. The molecule has 0 radical (unpaired) electrons. The van der Waals surface area contributed by atoms with Crippen LogP contribution in [0.2, 0.25) is 0 Å². The van der Waals surface area contributed by atoms with E-state index in [0.29, 0.717) is 5.82 Å². The van der Waals surface area contributed by atoms with Crippen LogP contribution in [0.3, 0.4) is 0 Å². The normalized spacial score (nSPS) is 10.2. The van der Waals surface area contributed by atoms with Gasteiger partial charge in [-0.15, -0.1) is 4.98 Å². The molecule has 2 rings (SSSR count). The van der Waals surface area contributed by atoms with E-state index in [-0.39, 0.29) is 6.01 Å². The second kappa shape index (κ2) is 4.87. The number of nitrogens with one attached hydrogen (secondary N) is 1. The first-order chi connectivity index (χ1) is 8.60. The Morgan fingerprint density at radius 3 is 2.39 bits per heavy atom. The molecule has 0 unspecified atom stereocenters. The minimum absolute atomic E-state index is 0.0606. The number of methoxy groups -OCH3 is 1. The fraction of sp³-hybridized carbons (Fsp3) is 0.250. The Labute approximate surface area is 104 Å². The van der Waals surface area contributed by atoms with Gasteiger partial charge in [-0.1, -0.05) is 0 Å². The van der Waals surface area contributed by atoms with Gasteiger partial charge < -0.3 is 9.64 Å². The number of hydrogen-bond acceptors (Lipinski definition) is 5. The van der Waals surface area contributed by atoms with Crippen LogP contribution in [0.4, 0.5) is 5.69 Å². The summed E-state index contributed by atoms with van der Waals surface area (Å²) in [7, 11) is 5.35. The van der Waals surface area contributed by atoms with Crippen LogP contribution in [-0.4, -0.2) is 36.2 Å². The average Bonchev–Trinajstić information content (AvgIpc) is 2.38. The Bertz CT molecular complexity index is 590. The minimum Gasteiger partial charge on any atom is -0.467 e. The number of H-pyrrole nitrogens is 1. The minimum atomic E-state index is -0.478. The summed E-state index contributed by atoms with van der Waals surface area (Å²) in [5, 5.41) is 0. The van der Waals surface area contributed by atoms with Crippen molar-refractivity contribution in [2.75, 3.05) is 26.1 Å². The van der Waals surface area contributed by atoms with E-state index in [0.717, 1.165) is 11.3 Å². The predicted octanol–water partition coefficient (Wildman–Crippen LogP) is 0.906. The van der Waals surface area contributed by atoms with E-state index in [1.807, 2.05) is 43.3 Å². The van der Waals surface area contributed by atoms with Crippen molar-refractivity contribution in [1.29, 1.82) is 0 Å². The van der Waals surface area contributed by atoms with Crippen LogP contribution in [0, 0.1) is 0 Å². The number of rotatable bonds is 3. The van der Waals surface area contributed by atoms with Crippen molar-refractivity contribution < 1.29 is 4.74 Å². The van der Waals surface area contributed by atoms with Crippen LogP contribution < -0.4 is 15.3 Å². The van der Waals surface area contributed by atoms with Gasteiger partial charge in [0.05, 0.1) is 7.11 Å². The fourth-order valence-corrected chi connectivity index (χ4v) is 1.51. The molecule has 0 spiro atoms. The van der Waals surface area contributed by atoms with Gasteiger partial charge in [0, 0.05) is 25.3 Å². The Morgan fingerprint density at radius 2 is 1.83 bits per heavy atom. The highest BCUT2D eigenvalue weighted by atomic mass is 16.5. The molecule has 2 aromatic rings. The van der Waals surface area contributed by atoms with E-state index < -0.39 is 5.69 Å². The lowest BCUT2D eigenvalue weighted by atomic mass is 10.2. The summed E-state index contributed by atoms with van der Waals surface area (Å²) >= 11 is 0. The highest BCUT2D eigenvalue weighted by molar-refractivity contribution is 5.60. The number of aromatic nitrogens is 3. The first kappa shape index (κ1) is 12.1. The number of aromatic amines is 1. The Balaban J connectivity index is 2.42. The van der Waals surface area contributed by atoms with E-state index in [9.17, 15) is 4.79 Å². The van der Waals surface area contributed by atoms with Crippen molar-refractivity contribution in [3.05, 3.63) is 34.7 Å². The molecule has 1 aromatic heterocycles. The maximum Gasteiger partial charge on any atom is 0.351 e. The number of anilines is 1. The topological polar surface area (TPSA) is 71.1 Å². The van der Waals surface area contributed by atoms with E-state index >= 15 is 0 Å². The van der Waals surface area contributed by atoms with Crippen LogP contribution in [0.5, 0.6) is 6.01 Å². The molecule has 0 aliphatic carbocycles. The molecule has 0 saturated carbocycles. The van der Waals surface area contributed by atoms with Gasteiger partial charge in [-0.3, -0.25) is 4.98 Å². The van der Waals surface area contributed by atoms with Gasteiger partial charge >= 0.3 is 11.7 Å². The second-order valence-corrected chi connectivity index (χ2v) is 3.93. The van der Waals surface area contributed by atoms with E-state index in [2.05, 4.69) is 15.0 Å². The molecule has 0 aliphatic rings. The number of hydrogen-bond donors (Lipinski definition) is 1. The molecular formula is C12H14N4O2. The lowest BCUT2D eigenvalue weighted by molar-refractivity contribution is 0.377. The van der Waals surface area contributed by atoms with Crippen molar-refractivity contribution in [3.63, 3.8) is 0 Å². The molecule has 1 aromatic carbocycles. The third-order valence-electron chi connectivity index (χ3n) is 2.47. The van der Waals surface area contributed by atoms with Gasteiger partial charge in [0.15, 0.2) is 0 Å². The summed E-state index contributed by atoms with van der Waals surface area (Å²) in [6, 6.07) is 7.72. The molecule has 0 aliphatic heterocycles.